The summed E-state index contributed by atoms with van der Waals surface area (Å²) >= 11 is 1.55. The van der Waals surface area contributed by atoms with Crippen molar-refractivity contribution in [3.63, 3.8) is 0 Å². The maximum Gasteiger partial charge on any atom is 0.328 e. The Morgan fingerprint density at radius 1 is 1.63 bits per heavy atom. The van der Waals surface area contributed by atoms with Gasteiger partial charge in [0.05, 0.1) is 6.04 Å². The molecule has 1 aromatic rings. The van der Waals surface area contributed by atoms with Crippen molar-refractivity contribution in [2.24, 2.45) is 0 Å². The van der Waals surface area contributed by atoms with Gasteiger partial charge in [-0.15, -0.1) is 11.3 Å². The summed E-state index contributed by atoms with van der Waals surface area (Å²) in [5.74, 6) is -0.884. The molecule has 1 amide bonds. The van der Waals surface area contributed by atoms with Crippen LogP contribution in [0.5, 0.6) is 0 Å². The minimum Gasteiger partial charge on any atom is -0.478 e. The molecular weight excluding hydrogens is 264 g/mol. The fourth-order valence-corrected chi connectivity index (χ4v) is 2.91. The fourth-order valence-electron chi connectivity index (χ4n) is 1.97. The number of hydrogen-bond acceptors (Lipinski definition) is 4. The van der Waals surface area contributed by atoms with Crippen molar-refractivity contribution in [3.05, 3.63) is 28.0 Å². The maximum atomic E-state index is 11.6. The molecule has 2 rings (SSSR count). The minimum absolute atomic E-state index is 0.0637. The standard InChI is InChI=1S/C13H16N2O3S/c1-9-13(18)14-6-7-15(9)8-11-3-2-10(19-11)4-5-12(16)17/h2-5,9H,6-8H2,1H3,(H,14,18)(H,16,17). The summed E-state index contributed by atoms with van der Waals surface area (Å²) < 4.78 is 0. The molecule has 0 aromatic carbocycles. The van der Waals surface area contributed by atoms with Crippen molar-refractivity contribution in [2.45, 2.75) is 19.5 Å². The van der Waals surface area contributed by atoms with Crippen LogP contribution in [-0.2, 0) is 16.1 Å². The van der Waals surface area contributed by atoms with E-state index < -0.39 is 5.97 Å². The second kappa shape index (κ2) is 5.99. The van der Waals surface area contributed by atoms with Crippen LogP contribution in [0, 0.1) is 0 Å². The van der Waals surface area contributed by atoms with Gasteiger partial charge in [0.1, 0.15) is 0 Å². The van der Waals surface area contributed by atoms with Crippen LogP contribution in [-0.4, -0.2) is 41.0 Å². The second-order valence-electron chi connectivity index (χ2n) is 4.41. The van der Waals surface area contributed by atoms with E-state index in [0.717, 1.165) is 28.9 Å². The molecule has 0 spiro atoms. The Labute approximate surface area is 115 Å². The Bertz CT molecular complexity index is 510. The highest BCUT2D eigenvalue weighted by Gasteiger charge is 2.25. The Kier molecular flexibility index (Phi) is 4.34. The van der Waals surface area contributed by atoms with Gasteiger partial charge in [-0.1, -0.05) is 0 Å². The van der Waals surface area contributed by atoms with Crippen molar-refractivity contribution in [3.8, 4) is 0 Å². The number of rotatable bonds is 4. The van der Waals surface area contributed by atoms with Crippen LogP contribution in [0.1, 0.15) is 16.7 Å². The van der Waals surface area contributed by atoms with Gasteiger partial charge in [0, 0.05) is 35.5 Å². The van der Waals surface area contributed by atoms with Crippen LogP contribution in [0.2, 0.25) is 0 Å². The number of nitrogens with zero attached hydrogens (tertiary/aromatic N) is 1. The SMILES string of the molecule is CC1C(=O)NCCN1Cc1ccc(C=CC(=O)O)s1. The molecule has 0 saturated carbocycles. The molecule has 1 aromatic heterocycles. The molecule has 0 aliphatic carbocycles. The summed E-state index contributed by atoms with van der Waals surface area (Å²) in [5.41, 5.74) is 0. The van der Waals surface area contributed by atoms with E-state index >= 15 is 0 Å². The monoisotopic (exact) mass is 280 g/mol. The molecule has 102 valence electrons. The number of carbonyl (C=O) groups excluding carboxylic acids is 1. The van der Waals surface area contributed by atoms with Crippen LogP contribution in [0.25, 0.3) is 6.08 Å². The van der Waals surface area contributed by atoms with Gasteiger partial charge in [0.25, 0.3) is 0 Å². The quantitative estimate of drug-likeness (QED) is 0.812. The van der Waals surface area contributed by atoms with Crippen molar-refractivity contribution in [2.75, 3.05) is 13.1 Å². The van der Waals surface area contributed by atoms with Gasteiger partial charge >= 0.3 is 5.97 Å². The molecular formula is C13H16N2O3S. The van der Waals surface area contributed by atoms with E-state index in [1.165, 1.54) is 0 Å². The van der Waals surface area contributed by atoms with Crippen LogP contribution in [0.3, 0.4) is 0 Å². The first-order chi connectivity index (χ1) is 9.06. The van der Waals surface area contributed by atoms with Crippen LogP contribution < -0.4 is 5.32 Å². The molecule has 0 radical (unpaired) electrons. The number of thiophene rings is 1. The van der Waals surface area contributed by atoms with E-state index in [1.807, 2.05) is 19.1 Å². The zero-order chi connectivity index (χ0) is 13.8. The molecule has 1 aliphatic rings. The summed E-state index contributed by atoms with van der Waals surface area (Å²) in [6, 6.07) is 3.76. The number of amides is 1. The lowest BCUT2D eigenvalue weighted by molar-refractivity contribution is -0.131. The van der Waals surface area contributed by atoms with Gasteiger partial charge in [-0.3, -0.25) is 9.69 Å². The molecule has 5 nitrogen and oxygen atoms in total. The predicted octanol–water partition coefficient (Wildman–Crippen LogP) is 1.17. The van der Waals surface area contributed by atoms with Gasteiger partial charge in [-0.25, -0.2) is 4.79 Å². The van der Waals surface area contributed by atoms with E-state index in [1.54, 1.807) is 17.4 Å². The average molecular weight is 280 g/mol. The largest absolute Gasteiger partial charge is 0.478 e. The first kappa shape index (κ1) is 13.8. The molecule has 1 atom stereocenters. The molecule has 1 unspecified atom stereocenters. The summed E-state index contributed by atoms with van der Waals surface area (Å²) in [7, 11) is 0. The number of aliphatic carboxylic acids is 1. The molecule has 19 heavy (non-hydrogen) atoms. The molecule has 1 aliphatic heterocycles. The smallest absolute Gasteiger partial charge is 0.328 e. The van der Waals surface area contributed by atoms with Gasteiger partial charge < -0.3 is 10.4 Å². The molecule has 2 heterocycles. The number of nitrogens with one attached hydrogen (secondary N) is 1. The fraction of sp³-hybridized carbons (Fsp3) is 0.385. The molecule has 1 fully saturated rings. The highest BCUT2D eigenvalue weighted by molar-refractivity contribution is 7.12. The van der Waals surface area contributed by atoms with E-state index in [4.69, 9.17) is 5.11 Å². The van der Waals surface area contributed by atoms with Crippen LogP contribution in [0.4, 0.5) is 0 Å². The Balaban J connectivity index is 1.99. The summed E-state index contributed by atoms with van der Waals surface area (Å²) in [6.45, 7) is 4.14. The lowest BCUT2D eigenvalue weighted by Crippen LogP contribution is -2.53. The third-order valence-corrected chi connectivity index (χ3v) is 4.09. The topological polar surface area (TPSA) is 69.6 Å². The van der Waals surface area contributed by atoms with Gasteiger partial charge in [-0.2, -0.15) is 0 Å². The molecule has 6 heteroatoms. The van der Waals surface area contributed by atoms with Gasteiger partial charge in [-0.05, 0) is 25.1 Å². The average Bonchev–Trinajstić information content (AvgIpc) is 2.80. The third-order valence-electron chi connectivity index (χ3n) is 3.06. The van der Waals surface area contributed by atoms with E-state index in [-0.39, 0.29) is 11.9 Å². The number of carboxylic acids is 1. The summed E-state index contributed by atoms with van der Waals surface area (Å²) in [5, 5.41) is 11.4. The number of carbonyl (C=O) groups is 2. The maximum absolute atomic E-state index is 11.6. The first-order valence-electron chi connectivity index (χ1n) is 6.08. The lowest BCUT2D eigenvalue weighted by atomic mass is 10.2. The number of piperazine rings is 1. The number of carboxylic acid groups (broad SMARTS) is 1. The minimum atomic E-state index is -0.948. The second-order valence-corrected chi connectivity index (χ2v) is 5.61. The van der Waals surface area contributed by atoms with Gasteiger partial charge in [0.2, 0.25) is 5.91 Å². The third kappa shape index (κ3) is 3.65. The normalized spacial score (nSPS) is 20.7. The zero-order valence-corrected chi connectivity index (χ0v) is 11.4. The Morgan fingerprint density at radius 3 is 3.16 bits per heavy atom. The lowest BCUT2D eigenvalue weighted by Gasteiger charge is -2.32. The van der Waals surface area contributed by atoms with Crippen molar-refractivity contribution >= 4 is 29.3 Å². The Morgan fingerprint density at radius 2 is 2.42 bits per heavy atom. The first-order valence-corrected chi connectivity index (χ1v) is 6.89. The molecule has 1 saturated heterocycles. The van der Waals surface area contributed by atoms with E-state index in [9.17, 15) is 9.59 Å². The van der Waals surface area contributed by atoms with Gasteiger partial charge in [0.15, 0.2) is 0 Å². The van der Waals surface area contributed by atoms with Crippen molar-refractivity contribution in [1.29, 1.82) is 0 Å². The Hall–Kier alpha value is -1.66. The van der Waals surface area contributed by atoms with E-state index in [2.05, 4.69) is 10.2 Å². The highest BCUT2D eigenvalue weighted by Crippen LogP contribution is 2.21. The number of hydrogen-bond donors (Lipinski definition) is 2. The summed E-state index contributed by atoms with van der Waals surface area (Å²) in [6.07, 6.45) is 2.72. The van der Waals surface area contributed by atoms with Crippen molar-refractivity contribution < 1.29 is 14.7 Å². The van der Waals surface area contributed by atoms with Crippen LogP contribution >= 0.6 is 11.3 Å². The van der Waals surface area contributed by atoms with Crippen molar-refractivity contribution in [1.82, 2.24) is 10.2 Å². The van der Waals surface area contributed by atoms with Crippen LogP contribution in [0.15, 0.2) is 18.2 Å². The molecule has 2 N–H and O–H groups in total. The zero-order valence-electron chi connectivity index (χ0n) is 10.6. The van der Waals surface area contributed by atoms with E-state index in [0.29, 0.717) is 6.54 Å². The highest BCUT2D eigenvalue weighted by atomic mass is 32.1. The summed E-state index contributed by atoms with van der Waals surface area (Å²) in [4.78, 5) is 26.2. The molecule has 0 bridgehead atoms. The predicted molar refractivity (Wildman–Crippen MR) is 73.9 cm³/mol.